The minimum Gasteiger partial charge on any atom is -0.468 e. The van der Waals surface area contributed by atoms with Crippen LogP contribution in [0.25, 0.3) is 0 Å². The number of furan rings is 1. The van der Waals surface area contributed by atoms with E-state index in [-0.39, 0.29) is 24.1 Å². The third-order valence-corrected chi connectivity index (χ3v) is 2.53. The Bertz CT molecular complexity index is 287. The zero-order valence-electron chi connectivity index (χ0n) is 10.7. The van der Waals surface area contributed by atoms with Crippen LogP contribution in [0.4, 0.5) is 0 Å². The predicted octanol–water partition coefficient (Wildman–Crippen LogP) is 2.73. The lowest BCUT2D eigenvalue weighted by Crippen LogP contribution is -2.37. The van der Waals surface area contributed by atoms with E-state index in [0.717, 1.165) is 12.2 Å². The SMILES string of the molecule is CC(NC(CO)CC(C)(C)C)c1ccco1. The molecule has 0 aliphatic rings. The van der Waals surface area contributed by atoms with E-state index in [4.69, 9.17) is 4.42 Å². The van der Waals surface area contributed by atoms with Gasteiger partial charge in [-0.3, -0.25) is 0 Å². The molecule has 0 bridgehead atoms. The summed E-state index contributed by atoms with van der Waals surface area (Å²) in [6.45, 7) is 8.73. The van der Waals surface area contributed by atoms with Crippen molar-refractivity contribution in [2.75, 3.05) is 6.61 Å². The molecule has 3 heteroatoms. The summed E-state index contributed by atoms with van der Waals surface area (Å²) in [7, 11) is 0. The molecule has 0 amide bonds. The van der Waals surface area contributed by atoms with Gasteiger partial charge in [0.2, 0.25) is 0 Å². The van der Waals surface area contributed by atoms with E-state index in [2.05, 4.69) is 26.1 Å². The van der Waals surface area contributed by atoms with E-state index in [9.17, 15) is 5.11 Å². The molecular weight excluding hydrogens is 202 g/mol. The largest absolute Gasteiger partial charge is 0.468 e. The van der Waals surface area contributed by atoms with Crippen LogP contribution in [-0.4, -0.2) is 17.8 Å². The van der Waals surface area contributed by atoms with Crippen LogP contribution >= 0.6 is 0 Å². The highest BCUT2D eigenvalue weighted by molar-refractivity contribution is 5.03. The highest BCUT2D eigenvalue weighted by atomic mass is 16.3. The fourth-order valence-corrected chi connectivity index (χ4v) is 1.89. The van der Waals surface area contributed by atoms with Crippen LogP contribution in [-0.2, 0) is 0 Å². The molecule has 0 aliphatic carbocycles. The van der Waals surface area contributed by atoms with Crippen molar-refractivity contribution in [3.63, 3.8) is 0 Å². The van der Waals surface area contributed by atoms with Gasteiger partial charge in [0, 0.05) is 6.04 Å². The van der Waals surface area contributed by atoms with Crippen molar-refractivity contribution in [3.8, 4) is 0 Å². The van der Waals surface area contributed by atoms with Gasteiger partial charge in [-0.15, -0.1) is 0 Å². The van der Waals surface area contributed by atoms with E-state index in [0.29, 0.717) is 0 Å². The maximum Gasteiger partial charge on any atom is 0.120 e. The fourth-order valence-electron chi connectivity index (χ4n) is 1.89. The topological polar surface area (TPSA) is 45.4 Å². The van der Waals surface area contributed by atoms with Crippen LogP contribution in [0.2, 0.25) is 0 Å². The second-order valence-corrected chi connectivity index (χ2v) is 5.55. The van der Waals surface area contributed by atoms with Gasteiger partial charge in [-0.25, -0.2) is 0 Å². The number of rotatable bonds is 5. The number of aliphatic hydroxyl groups excluding tert-OH is 1. The summed E-state index contributed by atoms with van der Waals surface area (Å²) in [5.41, 5.74) is 0.212. The molecule has 2 N–H and O–H groups in total. The Balaban J connectivity index is 2.50. The number of nitrogens with one attached hydrogen (secondary N) is 1. The van der Waals surface area contributed by atoms with E-state index < -0.39 is 0 Å². The van der Waals surface area contributed by atoms with Crippen molar-refractivity contribution in [3.05, 3.63) is 24.2 Å². The van der Waals surface area contributed by atoms with E-state index in [1.807, 2.05) is 19.1 Å². The zero-order valence-corrected chi connectivity index (χ0v) is 10.7. The lowest BCUT2D eigenvalue weighted by atomic mass is 9.88. The Morgan fingerprint density at radius 3 is 2.56 bits per heavy atom. The van der Waals surface area contributed by atoms with Gasteiger partial charge in [0.15, 0.2) is 0 Å². The maximum atomic E-state index is 9.34. The van der Waals surface area contributed by atoms with Crippen molar-refractivity contribution >= 4 is 0 Å². The molecule has 0 aromatic carbocycles. The van der Waals surface area contributed by atoms with Gasteiger partial charge in [0.1, 0.15) is 5.76 Å². The van der Waals surface area contributed by atoms with Gasteiger partial charge in [-0.05, 0) is 30.9 Å². The third kappa shape index (κ3) is 4.37. The van der Waals surface area contributed by atoms with Crippen LogP contribution in [0.15, 0.2) is 22.8 Å². The molecule has 1 aromatic rings. The molecule has 0 spiro atoms. The van der Waals surface area contributed by atoms with Crippen molar-refractivity contribution in [2.45, 2.75) is 46.2 Å². The van der Waals surface area contributed by atoms with Gasteiger partial charge < -0.3 is 14.8 Å². The van der Waals surface area contributed by atoms with Crippen LogP contribution < -0.4 is 5.32 Å². The molecule has 92 valence electrons. The molecule has 0 fully saturated rings. The quantitative estimate of drug-likeness (QED) is 0.810. The molecule has 0 aliphatic heterocycles. The van der Waals surface area contributed by atoms with Gasteiger partial charge in [0.25, 0.3) is 0 Å². The first-order chi connectivity index (χ1) is 7.42. The Hall–Kier alpha value is -0.800. The summed E-state index contributed by atoms with van der Waals surface area (Å²) in [5.74, 6) is 0.910. The zero-order chi connectivity index (χ0) is 12.2. The molecule has 2 atom stereocenters. The molecular formula is C13H23NO2. The molecule has 0 saturated carbocycles. The van der Waals surface area contributed by atoms with Gasteiger partial charge >= 0.3 is 0 Å². The van der Waals surface area contributed by atoms with E-state index >= 15 is 0 Å². The monoisotopic (exact) mass is 225 g/mol. The highest BCUT2D eigenvalue weighted by Gasteiger charge is 2.20. The van der Waals surface area contributed by atoms with Crippen molar-refractivity contribution < 1.29 is 9.52 Å². The van der Waals surface area contributed by atoms with E-state index in [1.54, 1.807) is 6.26 Å². The molecule has 0 radical (unpaired) electrons. The first-order valence-corrected chi connectivity index (χ1v) is 5.82. The minimum atomic E-state index is 0.111. The summed E-state index contributed by atoms with van der Waals surface area (Å²) in [6, 6.07) is 4.07. The lowest BCUT2D eigenvalue weighted by Gasteiger charge is -2.27. The standard InChI is InChI=1S/C13H23NO2/c1-10(12-6-5-7-16-12)14-11(9-15)8-13(2,3)4/h5-7,10-11,14-15H,8-9H2,1-4H3. The summed E-state index contributed by atoms with van der Waals surface area (Å²) in [4.78, 5) is 0. The first kappa shape index (κ1) is 13.3. The fraction of sp³-hybridized carbons (Fsp3) is 0.692. The van der Waals surface area contributed by atoms with Crippen LogP contribution in [0.1, 0.15) is 45.9 Å². The molecule has 3 nitrogen and oxygen atoms in total. The van der Waals surface area contributed by atoms with Gasteiger partial charge in [-0.2, -0.15) is 0 Å². The van der Waals surface area contributed by atoms with Crippen LogP contribution in [0.3, 0.4) is 0 Å². The minimum absolute atomic E-state index is 0.111. The number of hydrogen-bond acceptors (Lipinski definition) is 3. The summed E-state index contributed by atoms with van der Waals surface area (Å²) in [5, 5.41) is 12.7. The second kappa shape index (κ2) is 5.51. The Morgan fingerprint density at radius 1 is 1.44 bits per heavy atom. The van der Waals surface area contributed by atoms with Crippen LogP contribution in [0.5, 0.6) is 0 Å². The number of aliphatic hydroxyl groups is 1. The van der Waals surface area contributed by atoms with Crippen molar-refractivity contribution in [2.24, 2.45) is 5.41 Å². The number of hydrogen-bond donors (Lipinski definition) is 2. The normalized spacial score (nSPS) is 16.1. The predicted molar refractivity (Wildman–Crippen MR) is 65.2 cm³/mol. The second-order valence-electron chi connectivity index (χ2n) is 5.55. The summed E-state index contributed by atoms with van der Waals surface area (Å²) >= 11 is 0. The molecule has 1 rings (SSSR count). The molecule has 1 heterocycles. The average molecular weight is 225 g/mol. The van der Waals surface area contributed by atoms with Crippen molar-refractivity contribution in [1.29, 1.82) is 0 Å². The smallest absolute Gasteiger partial charge is 0.120 e. The highest BCUT2D eigenvalue weighted by Crippen LogP contribution is 2.22. The Kier molecular flexibility index (Phi) is 4.56. The molecule has 0 saturated heterocycles. The molecule has 2 unspecified atom stereocenters. The first-order valence-electron chi connectivity index (χ1n) is 5.82. The van der Waals surface area contributed by atoms with Gasteiger partial charge in [-0.1, -0.05) is 20.8 Å². The molecule has 1 aromatic heterocycles. The van der Waals surface area contributed by atoms with E-state index in [1.165, 1.54) is 0 Å². The third-order valence-electron chi connectivity index (χ3n) is 2.53. The average Bonchev–Trinajstić information content (AvgIpc) is 2.67. The molecule has 16 heavy (non-hydrogen) atoms. The Labute approximate surface area is 97.9 Å². The Morgan fingerprint density at radius 2 is 2.12 bits per heavy atom. The lowest BCUT2D eigenvalue weighted by molar-refractivity contribution is 0.186. The summed E-state index contributed by atoms with van der Waals surface area (Å²) < 4.78 is 5.33. The van der Waals surface area contributed by atoms with Gasteiger partial charge in [0.05, 0.1) is 18.9 Å². The van der Waals surface area contributed by atoms with Crippen LogP contribution in [0, 0.1) is 5.41 Å². The maximum absolute atomic E-state index is 9.34. The van der Waals surface area contributed by atoms with Crippen molar-refractivity contribution in [1.82, 2.24) is 5.32 Å². The summed E-state index contributed by atoms with van der Waals surface area (Å²) in [6.07, 6.45) is 2.61.